The molecule has 0 aromatic rings. The zero-order valence-corrected chi connectivity index (χ0v) is 8.82. The van der Waals surface area contributed by atoms with Crippen LogP contribution in [-0.2, 0) is 9.59 Å². The van der Waals surface area contributed by atoms with Crippen LogP contribution in [0.15, 0.2) is 0 Å². The monoisotopic (exact) mass is 214 g/mol. The van der Waals surface area contributed by atoms with Gasteiger partial charge in [-0.1, -0.05) is 19.3 Å². The van der Waals surface area contributed by atoms with Crippen molar-refractivity contribution < 1.29 is 14.8 Å². The quantitative estimate of drug-likeness (QED) is 0.386. The molecule has 0 aromatic carbocycles. The number of amides is 2. The van der Waals surface area contributed by atoms with Crippen molar-refractivity contribution in [2.45, 2.75) is 38.5 Å². The average molecular weight is 214 g/mol. The van der Waals surface area contributed by atoms with Gasteiger partial charge >= 0.3 is 0 Å². The van der Waals surface area contributed by atoms with Crippen LogP contribution in [0.1, 0.15) is 38.5 Å². The molecule has 15 heavy (non-hydrogen) atoms. The van der Waals surface area contributed by atoms with E-state index in [-0.39, 0.29) is 17.4 Å². The Morgan fingerprint density at radius 1 is 1.27 bits per heavy atom. The SMILES string of the molecule is NCCCCCCC1CC(=O)N(O)C1=O. The summed E-state index contributed by atoms with van der Waals surface area (Å²) in [5.41, 5.74) is 5.35. The summed E-state index contributed by atoms with van der Waals surface area (Å²) in [6, 6.07) is 0. The summed E-state index contributed by atoms with van der Waals surface area (Å²) in [6.07, 6.45) is 4.86. The second-order valence-electron chi connectivity index (χ2n) is 3.94. The molecule has 3 N–H and O–H groups in total. The number of unbranched alkanes of at least 4 members (excludes halogenated alkanes) is 3. The number of nitrogens with zero attached hydrogens (tertiary/aromatic N) is 1. The summed E-state index contributed by atoms with van der Waals surface area (Å²) >= 11 is 0. The van der Waals surface area contributed by atoms with Crippen LogP contribution >= 0.6 is 0 Å². The molecule has 1 fully saturated rings. The predicted octanol–water partition coefficient (Wildman–Crippen LogP) is 0.660. The molecule has 1 unspecified atom stereocenters. The molecule has 0 aromatic heterocycles. The molecule has 0 saturated carbocycles. The molecule has 0 aliphatic carbocycles. The lowest BCUT2D eigenvalue weighted by Crippen LogP contribution is -2.26. The maximum absolute atomic E-state index is 11.3. The molecule has 1 saturated heterocycles. The highest BCUT2D eigenvalue weighted by atomic mass is 16.5. The number of rotatable bonds is 6. The average Bonchev–Trinajstić information content (AvgIpc) is 2.46. The standard InChI is InChI=1S/C10H18N2O3/c11-6-4-2-1-3-5-8-7-9(13)12(15)10(8)14/h8,15H,1-7,11H2. The van der Waals surface area contributed by atoms with Gasteiger partial charge in [-0.3, -0.25) is 14.8 Å². The summed E-state index contributed by atoms with van der Waals surface area (Å²) in [5.74, 6) is -1.23. The lowest BCUT2D eigenvalue weighted by atomic mass is 9.99. The molecule has 86 valence electrons. The summed E-state index contributed by atoms with van der Waals surface area (Å²) in [7, 11) is 0. The van der Waals surface area contributed by atoms with E-state index in [0.29, 0.717) is 13.0 Å². The van der Waals surface area contributed by atoms with Crippen LogP contribution in [0.3, 0.4) is 0 Å². The van der Waals surface area contributed by atoms with Gasteiger partial charge < -0.3 is 5.73 Å². The van der Waals surface area contributed by atoms with Crippen LogP contribution in [0.4, 0.5) is 0 Å². The van der Waals surface area contributed by atoms with Crippen molar-refractivity contribution in [3.8, 4) is 0 Å². The second kappa shape index (κ2) is 5.82. The summed E-state index contributed by atoms with van der Waals surface area (Å²) in [4.78, 5) is 22.2. The maximum atomic E-state index is 11.3. The van der Waals surface area contributed by atoms with Crippen molar-refractivity contribution in [2.75, 3.05) is 6.54 Å². The van der Waals surface area contributed by atoms with Gasteiger partial charge in [0.15, 0.2) is 0 Å². The molecule has 1 atom stereocenters. The van der Waals surface area contributed by atoms with Crippen LogP contribution in [0.5, 0.6) is 0 Å². The second-order valence-corrected chi connectivity index (χ2v) is 3.94. The number of hydroxylamine groups is 2. The van der Waals surface area contributed by atoms with Gasteiger partial charge in [0.25, 0.3) is 11.8 Å². The van der Waals surface area contributed by atoms with Crippen molar-refractivity contribution in [3.63, 3.8) is 0 Å². The van der Waals surface area contributed by atoms with Crippen molar-refractivity contribution in [1.82, 2.24) is 5.06 Å². The van der Waals surface area contributed by atoms with Crippen molar-refractivity contribution in [1.29, 1.82) is 0 Å². The van der Waals surface area contributed by atoms with Gasteiger partial charge in [-0.25, -0.2) is 0 Å². The lowest BCUT2D eigenvalue weighted by Gasteiger charge is -2.06. The zero-order valence-electron chi connectivity index (χ0n) is 8.82. The molecule has 5 heteroatoms. The Balaban J connectivity index is 2.17. The van der Waals surface area contributed by atoms with E-state index in [1.165, 1.54) is 0 Å². The van der Waals surface area contributed by atoms with Gasteiger partial charge in [-0.2, -0.15) is 5.06 Å². The number of hydrogen-bond donors (Lipinski definition) is 2. The van der Waals surface area contributed by atoms with Gasteiger partial charge in [0.05, 0.1) is 0 Å². The lowest BCUT2D eigenvalue weighted by molar-refractivity contribution is -0.172. The first-order chi connectivity index (χ1) is 7.16. The van der Waals surface area contributed by atoms with E-state index in [1.807, 2.05) is 0 Å². The number of nitrogens with two attached hydrogens (primary N) is 1. The van der Waals surface area contributed by atoms with Gasteiger partial charge in [-0.15, -0.1) is 0 Å². The van der Waals surface area contributed by atoms with Crippen molar-refractivity contribution >= 4 is 11.8 Å². The number of carbonyl (C=O) groups excluding carboxylic acids is 2. The third-order valence-electron chi connectivity index (χ3n) is 2.72. The normalized spacial score (nSPS) is 21.5. The zero-order chi connectivity index (χ0) is 11.3. The van der Waals surface area contributed by atoms with Crippen molar-refractivity contribution in [2.24, 2.45) is 11.7 Å². The van der Waals surface area contributed by atoms with Gasteiger partial charge in [0.2, 0.25) is 0 Å². The summed E-state index contributed by atoms with van der Waals surface area (Å²) in [6.45, 7) is 0.700. The highest BCUT2D eigenvalue weighted by molar-refractivity contribution is 6.02. The molecule has 0 spiro atoms. The van der Waals surface area contributed by atoms with E-state index in [9.17, 15) is 9.59 Å². The first-order valence-electron chi connectivity index (χ1n) is 5.42. The van der Waals surface area contributed by atoms with Crippen LogP contribution < -0.4 is 5.73 Å². The van der Waals surface area contributed by atoms with E-state index in [2.05, 4.69) is 0 Å². The van der Waals surface area contributed by atoms with E-state index in [0.717, 1.165) is 25.7 Å². The Bertz CT molecular complexity index is 243. The summed E-state index contributed by atoms with van der Waals surface area (Å²) < 4.78 is 0. The fourth-order valence-electron chi connectivity index (χ4n) is 1.79. The fraction of sp³-hybridized carbons (Fsp3) is 0.800. The fourth-order valence-corrected chi connectivity index (χ4v) is 1.79. The maximum Gasteiger partial charge on any atom is 0.256 e. The Kier molecular flexibility index (Phi) is 4.71. The molecule has 1 aliphatic rings. The number of carbonyl (C=O) groups is 2. The van der Waals surface area contributed by atoms with Gasteiger partial charge in [0, 0.05) is 12.3 Å². The Morgan fingerprint density at radius 2 is 1.93 bits per heavy atom. The van der Waals surface area contributed by atoms with Crippen LogP contribution in [0.25, 0.3) is 0 Å². The molecule has 0 bridgehead atoms. The third-order valence-corrected chi connectivity index (χ3v) is 2.72. The van der Waals surface area contributed by atoms with E-state index in [4.69, 9.17) is 10.9 Å². The molecular weight excluding hydrogens is 196 g/mol. The minimum atomic E-state index is -0.480. The van der Waals surface area contributed by atoms with E-state index < -0.39 is 11.8 Å². The molecule has 0 radical (unpaired) electrons. The molecular formula is C10H18N2O3. The largest absolute Gasteiger partial charge is 0.330 e. The highest BCUT2D eigenvalue weighted by Gasteiger charge is 2.37. The van der Waals surface area contributed by atoms with Gasteiger partial charge in [-0.05, 0) is 19.4 Å². The minimum Gasteiger partial charge on any atom is -0.330 e. The Hall–Kier alpha value is -0.940. The molecule has 1 aliphatic heterocycles. The van der Waals surface area contributed by atoms with Crippen LogP contribution in [-0.4, -0.2) is 28.6 Å². The van der Waals surface area contributed by atoms with Crippen molar-refractivity contribution in [3.05, 3.63) is 0 Å². The van der Waals surface area contributed by atoms with Gasteiger partial charge in [0.1, 0.15) is 0 Å². The van der Waals surface area contributed by atoms with Crippen LogP contribution in [0.2, 0.25) is 0 Å². The predicted molar refractivity (Wildman–Crippen MR) is 53.9 cm³/mol. The smallest absolute Gasteiger partial charge is 0.256 e. The van der Waals surface area contributed by atoms with E-state index >= 15 is 0 Å². The first-order valence-corrected chi connectivity index (χ1v) is 5.42. The van der Waals surface area contributed by atoms with E-state index in [1.54, 1.807) is 0 Å². The molecule has 1 rings (SSSR count). The summed E-state index contributed by atoms with van der Waals surface area (Å²) in [5, 5.41) is 9.25. The van der Waals surface area contributed by atoms with Crippen LogP contribution in [0, 0.1) is 5.92 Å². The topological polar surface area (TPSA) is 83.6 Å². The Labute approximate surface area is 89.2 Å². The minimum absolute atomic E-state index is 0.159. The number of imide groups is 1. The first kappa shape index (κ1) is 12.1. The molecule has 5 nitrogen and oxygen atoms in total. The Morgan fingerprint density at radius 3 is 2.47 bits per heavy atom. The highest BCUT2D eigenvalue weighted by Crippen LogP contribution is 2.23. The number of hydrogen-bond acceptors (Lipinski definition) is 4. The third kappa shape index (κ3) is 3.28. The molecule has 1 heterocycles. The molecule has 2 amide bonds.